The zero-order chi connectivity index (χ0) is 16.8. The van der Waals surface area contributed by atoms with Gasteiger partial charge in [-0.1, -0.05) is 6.92 Å². The Morgan fingerprint density at radius 3 is 2.43 bits per heavy atom. The van der Waals surface area contributed by atoms with E-state index in [-0.39, 0.29) is 23.8 Å². The van der Waals surface area contributed by atoms with Gasteiger partial charge >= 0.3 is 5.97 Å². The minimum absolute atomic E-state index is 0.0871. The van der Waals surface area contributed by atoms with Crippen molar-refractivity contribution in [1.82, 2.24) is 14.7 Å². The second kappa shape index (κ2) is 8.64. The lowest BCUT2D eigenvalue weighted by molar-refractivity contribution is -0.152. The Balaban J connectivity index is 1.87. The third-order valence-electron chi connectivity index (χ3n) is 5.11. The SMILES string of the molecule is CCOC(=O)[C@@H]1CCCN([C@H](C)C(=O)N2CCN(CC)CC2)C1. The summed E-state index contributed by atoms with van der Waals surface area (Å²) in [6, 6.07) is -0.152. The first-order valence-corrected chi connectivity index (χ1v) is 8.98. The summed E-state index contributed by atoms with van der Waals surface area (Å²) in [7, 11) is 0. The number of esters is 1. The lowest BCUT2D eigenvalue weighted by atomic mass is 9.96. The quantitative estimate of drug-likeness (QED) is 0.700. The van der Waals surface area contributed by atoms with Gasteiger partial charge in [0.25, 0.3) is 0 Å². The molecule has 6 nitrogen and oxygen atoms in total. The van der Waals surface area contributed by atoms with Crippen LogP contribution in [0.2, 0.25) is 0 Å². The molecule has 0 aromatic heterocycles. The molecule has 0 aromatic carbocycles. The van der Waals surface area contributed by atoms with E-state index in [4.69, 9.17) is 4.74 Å². The van der Waals surface area contributed by atoms with Crippen LogP contribution in [0.4, 0.5) is 0 Å². The Labute approximate surface area is 139 Å². The van der Waals surface area contributed by atoms with Crippen LogP contribution in [-0.2, 0) is 14.3 Å². The lowest BCUT2D eigenvalue weighted by Crippen LogP contribution is -2.55. The van der Waals surface area contributed by atoms with Crippen LogP contribution in [0.15, 0.2) is 0 Å². The van der Waals surface area contributed by atoms with Crippen LogP contribution in [0.3, 0.4) is 0 Å². The average Bonchev–Trinajstić information content (AvgIpc) is 2.61. The fourth-order valence-electron chi connectivity index (χ4n) is 3.52. The number of likely N-dealkylation sites (tertiary alicyclic amines) is 1. The molecule has 0 aromatic rings. The maximum atomic E-state index is 12.7. The van der Waals surface area contributed by atoms with Gasteiger partial charge in [0.15, 0.2) is 0 Å². The monoisotopic (exact) mass is 325 g/mol. The molecule has 2 rings (SSSR count). The topological polar surface area (TPSA) is 53.1 Å². The molecule has 2 atom stereocenters. The number of amides is 1. The van der Waals surface area contributed by atoms with Gasteiger partial charge in [0, 0.05) is 32.7 Å². The first-order chi connectivity index (χ1) is 11.1. The van der Waals surface area contributed by atoms with E-state index in [1.807, 2.05) is 18.7 Å². The average molecular weight is 325 g/mol. The van der Waals surface area contributed by atoms with Crippen LogP contribution < -0.4 is 0 Å². The van der Waals surface area contributed by atoms with Crippen molar-refractivity contribution in [3.05, 3.63) is 0 Å². The van der Waals surface area contributed by atoms with Crippen molar-refractivity contribution in [2.24, 2.45) is 5.92 Å². The van der Waals surface area contributed by atoms with Crippen LogP contribution >= 0.6 is 0 Å². The summed E-state index contributed by atoms with van der Waals surface area (Å²) in [4.78, 5) is 31.2. The summed E-state index contributed by atoms with van der Waals surface area (Å²) in [6.45, 7) is 12.5. The maximum absolute atomic E-state index is 12.7. The summed E-state index contributed by atoms with van der Waals surface area (Å²) < 4.78 is 5.14. The number of rotatable bonds is 5. The summed E-state index contributed by atoms with van der Waals surface area (Å²) in [5, 5.41) is 0. The summed E-state index contributed by atoms with van der Waals surface area (Å²) in [5.74, 6) is -0.00504. The highest BCUT2D eigenvalue weighted by atomic mass is 16.5. The third kappa shape index (κ3) is 4.67. The molecule has 0 unspecified atom stereocenters. The van der Waals surface area contributed by atoms with E-state index >= 15 is 0 Å². The van der Waals surface area contributed by atoms with E-state index in [0.29, 0.717) is 13.2 Å². The fraction of sp³-hybridized carbons (Fsp3) is 0.882. The molecule has 6 heteroatoms. The lowest BCUT2D eigenvalue weighted by Gasteiger charge is -2.40. The van der Waals surface area contributed by atoms with Gasteiger partial charge in [-0.2, -0.15) is 0 Å². The van der Waals surface area contributed by atoms with Crippen LogP contribution in [0.1, 0.15) is 33.6 Å². The van der Waals surface area contributed by atoms with Crippen molar-refractivity contribution in [2.45, 2.75) is 39.7 Å². The highest BCUT2D eigenvalue weighted by molar-refractivity contribution is 5.82. The number of likely N-dealkylation sites (N-methyl/N-ethyl adjacent to an activating group) is 1. The molecular weight excluding hydrogens is 294 g/mol. The van der Waals surface area contributed by atoms with Gasteiger partial charge in [-0.05, 0) is 39.8 Å². The minimum Gasteiger partial charge on any atom is -0.466 e. The number of carbonyl (C=O) groups excluding carboxylic acids is 2. The molecule has 0 N–H and O–H groups in total. The summed E-state index contributed by atoms with van der Waals surface area (Å²) in [5.41, 5.74) is 0. The Kier molecular flexibility index (Phi) is 6.84. The predicted octanol–water partition coefficient (Wildman–Crippen LogP) is 0.814. The van der Waals surface area contributed by atoms with Gasteiger partial charge in [-0.25, -0.2) is 0 Å². The zero-order valence-electron chi connectivity index (χ0n) is 14.8. The van der Waals surface area contributed by atoms with Crippen molar-refractivity contribution >= 4 is 11.9 Å². The van der Waals surface area contributed by atoms with Crippen LogP contribution in [0, 0.1) is 5.92 Å². The minimum atomic E-state index is -0.152. The molecule has 2 aliphatic rings. The molecule has 2 heterocycles. The Morgan fingerprint density at radius 2 is 1.83 bits per heavy atom. The number of nitrogens with zero attached hydrogens (tertiary/aromatic N) is 3. The number of hydrogen-bond donors (Lipinski definition) is 0. The fourth-order valence-corrected chi connectivity index (χ4v) is 3.52. The number of piperazine rings is 1. The molecule has 0 radical (unpaired) electrons. The predicted molar refractivity (Wildman–Crippen MR) is 89.1 cm³/mol. The van der Waals surface area contributed by atoms with E-state index < -0.39 is 0 Å². The number of carbonyl (C=O) groups is 2. The van der Waals surface area contributed by atoms with Crippen molar-refractivity contribution < 1.29 is 14.3 Å². The summed E-state index contributed by atoms with van der Waals surface area (Å²) in [6.07, 6.45) is 1.82. The molecule has 0 spiro atoms. The molecule has 2 aliphatic heterocycles. The third-order valence-corrected chi connectivity index (χ3v) is 5.11. The Bertz CT molecular complexity index is 408. The second-order valence-electron chi connectivity index (χ2n) is 6.52. The van der Waals surface area contributed by atoms with Crippen molar-refractivity contribution in [3.8, 4) is 0 Å². The van der Waals surface area contributed by atoms with Gasteiger partial charge in [-0.3, -0.25) is 14.5 Å². The maximum Gasteiger partial charge on any atom is 0.310 e. The Morgan fingerprint density at radius 1 is 1.13 bits per heavy atom. The van der Waals surface area contributed by atoms with Crippen molar-refractivity contribution in [2.75, 3.05) is 52.4 Å². The van der Waals surface area contributed by atoms with Gasteiger partial charge < -0.3 is 14.5 Å². The number of ether oxygens (including phenoxy) is 1. The van der Waals surface area contributed by atoms with E-state index in [0.717, 1.165) is 52.1 Å². The van der Waals surface area contributed by atoms with E-state index in [2.05, 4.69) is 16.7 Å². The largest absolute Gasteiger partial charge is 0.466 e. The van der Waals surface area contributed by atoms with E-state index in [9.17, 15) is 9.59 Å². The van der Waals surface area contributed by atoms with Crippen LogP contribution in [-0.4, -0.2) is 85.0 Å². The molecule has 0 saturated carbocycles. The van der Waals surface area contributed by atoms with Gasteiger partial charge in [0.1, 0.15) is 0 Å². The zero-order valence-corrected chi connectivity index (χ0v) is 14.8. The Hall–Kier alpha value is -1.14. The van der Waals surface area contributed by atoms with Gasteiger partial charge in [-0.15, -0.1) is 0 Å². The second-order valence-corrected chi connectivity index (χ2v) is 6.52. The van der Waals surface area contributed by atoms with E-state index in [1.54, 1.807) is 0 Å². The molecule has 2 saturated heterocycles. The van der Waals surface area contributed by atoms with Gasteiger partial charge in [0.2, 0.25) is 5.91 Å². The first kappa shape index (κ1) is 18.2. The summed E-state index contributed by atoms with van der Waals surface area (Å²) >= 11 is 0. The molecule has 2 fully saturated rings. The molecule has 0 aliphatic carbocycles. The molecule has 23 heavy (non-hydrogen) atoms. The van der Waals surface area contributed by atoms with Crippen LogP contribution in [0.25, 0.3) is 0 Å². The van der Waals surface area contributed by atoms with Gasteiger partial charge in [0.05, 0.1) is 18.6 Å². The highest BCUT2D eigenvalue weighted by Crippen LogP contribution is 2.21. The number of hydrogen-bond acceptors (Lipinski definition) is 5. The standard InChI is InChI=1S/C17H31N3O3/c1-4-18-9-11-19(12-10-18)16(21)14(3)20-8-6-7-15(13-20)17(22)23-5-2/h14-15H,4-13H2,1-3H3/t14-,15-/m1/s1. The highest BCUT2D eigenvalue weighted by Gasteiger charge is 2.33. The van der Waals surface area contributed by atoms with E-state index in [1.165, 1.54) is 0 Å². The molecular formula is C17H31N3O3. The number of piperidine rings is 1. The first-order valence-electron chi connectivity index (χ1n) is 8.98. The van der Waals surface area contributed by atoms with Crippen molar-refractivity contribution in [3.63, 3.8) is 0 Å². The molecule has 0 bridgehead atoms. The molecule has 132 valence electrons. The molecule has 1 amide bonds. The normalized spacial score (nSPS) is 25.2. The van der Waals surface area contributed by atoms with Crippen LogP contribution in [0.5, 0.6) is 0 Å². The van der Waals surface area contributed by atoms with Crippen molar-refractivity contribution in [1.29, 1.82) is 0 Å². The smallest absolute Gasteiger partial charge is 0.310 e.